The summed E-state index contributed by atoms with van der Waals surface area (Å²) in [6.45, 7) is 2.50. The van der Waals surface area contributed by atoms with Crippen LogP contribution in [0.2, 0.25) is 5.02 Å². The second-order valence-electron chi connectivity index (χ2n) is 8.07. The van der Waals surface area contributed by atoms with E-state index in [1.165, 1.54) is 16.6 Å². The summed E-state index contributed by atoms with van der Waals surface area (Å²) in [5, 5.41) is 1.83. The van der Waals surface area contributed by atoms with Gasteiger partial charge in [0.15, 0.2) is 10.9 Å². The quantitative estimate of drug-likeness (QED) is 0.164. The van der Waals surface area contributed by atoms with Crippen LogP contribution in [0.15, 0.2) is 58.5 Å². The number of hydrogen-bond donors (Lipinski definition) is 0. The lowest BCUT2D eigenvalue weighted by molar-refractivity contribution is 0.102. The van der Waals surface area contributed by atoms with Gasteiger partial charge in [0, 0.05) is 15.5 Å². The molecule has 0 radical (unpaired) electrons. The Labute approximate surface area is 210 Å². The van der Waals surface area contributed by atoms with Gasteiger partial charge in [-0.3, -0.25) is 14.2 Å². The summed E-state index contributed by atoms with van der Waals surface area (Å²) in [5.41, 5.74) is 2.36. The van der Waals surface area contributed by atoms with E-state index in [1.807, 2.05) is 19.1 Å². The molecule has 5 nitrogen and oxygen atoms in total. The van der Waals surface area contributed by atoms with Gasteiger partial charge in [0.1, 0.15) is 10.6 Å². The minimum Gasteiger partial charge on any atom is -0.494 e. The first-order valence-corrected chi connectivity index (χ1v) is 13.4. The van der Waals surface area contributed by atoms with Crippen molar-refractivity contribution in [2.45, 2.75) is 37.8 Å². The van der Waals surface area contributed by atoms with E-state index >= 15 is 0 Å². The van der Waals surface area contributed by atoms with Crippen molar-refractivity contribution in [2.75, 3.05) is 12.4 Å². The van der Waals surface area contributed by atoms with Crippen LogP contribution in [0.4, 0.5) is 0 Å². The Hall–Kier alpha value is -2.61. The number of hydrogen-bond acceptors (Lipinski definition) is 6. The summed E-state index contributed by atoms with van der Waals surface area (Å²) in [4.78, 5) is 33.6. The minimum atomic E-state index is -0.0808. The van der Waals surface area contributed by atoms with Crippen molar-refractivity contribution < 1.29 is 9.53 Å². The van der Waals surface area contributed by atoms with Crippen LogP contribution in [0.3, 0.4) is 0 Å². The van der Waals surface area contributed by atoms with Crippen LogP contribution in [0.5, 0.6) is 5.75 Å². The number of fused-ring (bicyclic) bond motifs is 3. The molecule has 0 bridgehead atoms. The highest BCUT2D eigenvalue weighted by molar-refractivity contribution is 7.99. The van der Waals surface area contributed by atoms with Gasteiger partial charge in [-0.25, -0.2) is 4.98 Å². The molecule has 174 valence electrons. The summed E-state index contributed by atoms with van der Waals surface area (Å²) in [5.74, 6) is 0.873. The molecule has 0 amide bonds. The summed E-state index contributed by atoms with van der Waals surface area (Å²) < 4.78 is 7.08. The average molecular weight is 511 g/mol. The van der Waals surface area contributed by atoms with E-state index in [9.17, 15) is 9.59 Å². The Kier molecular flexibility index (Phi) is 6.77. The van der Waals surface area contributed by atoms with Crippen LogP contribution in [-0.2, 0) is 12.8 Å². The first-order valence-electron chi connectivity index (χ1n) is 11.3. The fourth-order valence-electron chi connectivity index (χ4n) is 4.22. The first-order chi connectivity index (χ1) is 16.5. The molecule has 34 heavy (non-hydrogen) atoms. The zero-order chi connectivity index (χ0) is 23.7. The van der Waals surface area contributed by atoms with Gasteiger partial charge >= 0.3 is 0 Å². The zero-order valence-corrected chi connectivity index (χ0v) is 21.1. The SMILES string of the molecule is CCOc1ccc(C(=O)CSc2nc3sc4c(c3c(=O)n2-c2ccc(Cl)cc2)CCCC4)cc1. The topological polar surface area (TPSA) is 61.2 Å². The fraction of sp³-hybridized carbons (Fsp3) is 0.269. The molecule has 0 aliphatic heterocycles. The smallest absolute Gasteiger partial charge is 0.267 e. The van der Waals surface area contributed by atoms with Crippen LogP contribution >= 0.6 is 34.7 Å². The Balaban J connectivity index is 1.52. The number of thiophene rings is 1. The van der Waals surface area contributed by atoms with Crippen LogP contribution in [-0.4, -0.2) is 27.7 Å². The van der Waals surface area contributed by atoms with Gasteiger partial charge in [0.2, 0.25) is 0 Å². The number of aryl methyl sites for hydroxylation is 2. The van der Waals surface area contributed by atoms with Crippen LogP contribution in [0.25, 0.3) is 15.9 Å². The van der Waals surface area contributed by atoms with E-state index in [1.54, 1.807) is 52.3 Å². The Morgan fingerprint density at radius 2 is 1.85 bits per heavy atom. The van der Waals surface area contributed by atoms with E-state index in [0.717, 1.165) is 47.2 Å². The highest BCUT2D eigenvalue weighted by atomic mass is 35.5. The van der Waals surface area contributed by atoms with Gasteiger partial charge in [-0.05, 0) is 86.7 Å². The normalized spacial score (nSPS) is 13.1. The van der Waals surface area contributed by atoms with Gasteiger partial charge in [-0.1, -0.05) is 23.4 Å². The third kappa shape index (κ3) is 4.52. The molecule has 5 rings (SSSR count). The van der Waals surface area contributed by atoms with E-state index in [-0.39, 0.29) is 17.1 Å². The molecule has 0 saturated carbocycles. The van der Waals surface area contributed by atoms with Crippen LogP contribution < -0.4 is 10.3 Å². The fourth-order valence-corrected chi connectivity index (χ4v) is 6.55. The number of nitrogens with zero attached hydrogens (tertiary/aromatic N) is 2. The molecule has 2 aromatic heterocycles. The second kappa shape index (κ2) is 9.94. The van der Waals surface area contributed by atoms with Crippen molar-refractivity contribution in [1.29, 1.82) is 0 Å². The van der Waals surface area contributed by atoms with Crippen molar-refractivity contribution in [3.63, 3.8) is 0 Å². The van der Waals surface area contributed by atoms with Crippen LogP contribution in [0, 0.1) is 0 Å². The van der Waals surface area contributed by atoms with E-state index in [4.69, 9.17) is 21.3 Å². The molecule has 0 spiro atoms. The number of benzene rings is 2. The molecule has 2 aromatic carbocycles. The van der Waals surface area contributed by atoms with Gasteiger partial charge in [-0.2, -0.15) is 0 Å². The molecule has 8 heteroatoms. The van der Waals surface area contributed by atoms with Crippen molar-refractivity contribution in [2.24, 2.45) is 0 Å². The maximum absolute atomic E-state index is 13.8. The summed E-state index contributed by atoms with van der Waals surface area (Å²) in [6.07, 6.45) is 4.14. The van der Waals surface area contributed by atoms with Crippen molar-refractivity contribution in [1.82, 2.24) is 9.55 Å². The molecule has 0 saturated heterocycles. The molecule has 0 unspecified atom stereocenters. The number of Topliss-reactive ketones (excluding diaryl/α,β-unsaturated/α-hetero) is 1. The second-order valence-corrected chi connectivity index (χ2v) is 10.5. The Bertz CT molecular complexity index is 1410. The van der Waals surface area contributed by atoms with E-state index in [2.05, 4.69) is 0 Å². The van der Waals surface area contributed by atoms with Crippen molar-refractivity contribution in [3.8, 4) is 11.4 Å². The number of halogens is 1. The van der Waals surface area contributed by atoms with Crippen molar-refractivity contribution >= 4 is 50.7 Å². The molecule has 4 aromatic rings. The summed E-state index contributed by atoms with van der Waals surface area (Å²) in [6, 6.07) is 14.3. The number of thioether (sulfide) groups is 1. The average Bonchev–Trinajstić information content (AvgIpc) is 3.23. The predicted octanol–water partition coefficient (Wildman–Crippen LogP) is 6.35. The first kappa shape index (κ1) is 23.1. The molecule has 1 aliphatic carbocycles. The molecular weight excluding hydrogens is 488 g/mol. The number of ether oxygens (including phenoxy) is 1. The minimum absolute atomic E-state index is 0.0319. The molecule has 0 fully saturated rings. The number of aromatic nitrogens is 2. The maximum Gasteiger partial charge on any atom is 0.267 e. The predicted molar refractivity (Wildman–Crippen MR) is 140 cm³/mol. The third-order valence-corrected chi connectivity index (χ3v) is 8.24. The Morgan fingerprint density at radius 3 is 2.59 bits per heavy atom. The van der Waals surface area contributed by atoms with Gasteiger partial charge < -0.3 is 4.74 Å². The highest BCUT2D eigenvalue weighted by Crippen LogP contribution is 2.35. The summed E-state index contributed by atoms with van der Waals surface area (Å²) >= 11 is 8.99. The standard InChI is InChI=1S/C26H23ClN2O3S2/c1-2-32-19-13-7-16(8-14-19)21(30)15-33-26-28-24-23(20-5-3-4-6-22(20)34-24)25(31)29(26)18-11-9-17(27)10-12-18/h7-14H,2-6,15H2,1H3. The Morgan fingerprint density at radius 1 is 1.12 bits per heavy atom. The number of carbonyl (C=O) groups excluding carboxylic acids is 1. The van der Waals surface area contributed by atoms with E-state index in [0.29, 0.717) is 28.0 Å². The van der Waals surface area contributed by atoms with Crippen LogP contribution in [0.1, 0.15) is 40.6 Å². The molecule has 1 aliphatic rings. The lowest BCUT2D eigenvalue weighted by atomic mass is 9.97. The maximum atomic E-state index is 13.8. The number of ketones is 1. The number of rotatable bonds is 7. The number of carbonyl (C=O) groups is 1. The third-order valence-electron chi connectivity index (χ3n) is 5.86. The van der Waals surface area contributed by atoms with Gasteiger partial charge in [-0.15, -0.1) is 11.3 Å². The van der Waals surface area contributed by atoms with E-state index < -0.39 is 0 Å². The van der Waals surface area contributed by atoms with Gasteiger partial charge in [0.25, 0.3) is 5.56 Å². The lowest BCUT2D eigenvalue weighted by Crippen LogP contribution is -2.22. The molecular formula is C26H23ClN2O3S2. The molecule has 2 heterocycles. The lowest BCUT2D eigenvalue weighted by Gasteiger charge is -2.13. The summed E-state index contributed by atoms with van der Waals surface area (Å²) in [7, 11) is 0. The largest absolute Gasteiger partial charge is 0.494 e. The highest BCUT2D eigenvalue weighted by Gasteiger charge is 2.23. The molecule has 0 N–H and O–H groups in total. The zero-order valence-electron chi connectivity index (χ0n) is 18.7. The van der Waals surface area contributed by atoms with Crippen molar-refractivity contribution in [3.05, 3.63) is 79.9 Å². The molecule has 0 atom stereocenters. The van der Waals surface area contributed by atoms with Gasteiger partial charge in [0.05, 0.1) is 23.4 Å². The monoisotopic (exact) mass is 510 g/mol.